The topological polar surface area (TPSA) is 66.8 Å². The summed E-state index contributed by atoms with van der Waals surface area (Å²) in [5, 5.41) is 0.220. The van der Waals surface area contributed by atoms with Gasteiger partial charge in [-0.3, -0.25) is 4.79 Å². The van der Waals surface area contributed by atoms with Gasteiger partial charge in [-0.05, 0) is 24.6 Å². The minimum Gasteiger partial charge on any atom is -0.315 e. The largest absolute Gasteiger partial charge is 0.315 e. The third kappa shape index (κ3) is 4.01. The zero-order valence-electron chi connectivity index (χ0n) is 13.6. The van der Waals surface area contributed by atoms with Crippen molar-refractivity contribution < 1.29 is 17.6 Å². The standard InChI is InChI=1S/C16H18ClFN2O3S2/c1-2-3-4-15(21)19-16-20(10-5-6-11(17)12(18)7-10)13-8-25(22,23)9-14(13)24-16/h5-7,13-14H,2-4,8-9H2,1H3/t13-,14+/m0/s1. The molecule has 0 saturated carbocycles. The number of aliphatic imine (C=N–C) groups is 1. The molecule has 1 aromatic rings. The number of anilines is 1. The first-order chi connectivity index (χ1) is 11.8. The van der Waals surface area contributed by atoms with Crippen LogP contribution in [0.4, 0.5) is 10.1 Å². The number of carbonyl (C=O) groups is 1. The van der Waals surface area contributed by atoms with Crippen molar-refractivity contribution in [3.05, 3.63) is 29.0 Å². The summed E-state index contributed by atoms with van der Waals surface area (Å²) in [6, 6.07) is 3.94. The van der Waals surface area contributed by atoms with Gasteiger partial charge >= 0.3 is 0 Å². The van der Waals surface area contributed by atoms with Gasteiger partial charge in [0.25, 0.3) is 0 Å². The maximum absolute atomic E-state index is 13.9. The van der Waals surface area contributed by atoms with E-state index in [1.165, 1.54) is 23.9 Å². The van der Waals surface area contributed by atoms with Crippen molar-refractivity contribution in [2.24, 2.45) is 4.99 Å². The third-order valence-corrected chi connectivity index (χ3v) is 7.73. The molecule has 9 heteroatoms. The average Bonchev–Trinajstić information content (AvgIpc) is 2.99. The molecular weight excluding hydrogens is 387 g/mol. The van der Waals surface area contributed by atoms with E-state index in [-0.39, 0.29) is 33.7 Å². The Morgan fingerprint density at radius 2 is 2.20 bits per heavy atom. The molecule has 0 spiro atoms. The number of benzene rings is 1. The first kappa shape index (κ1) is 18.7. The van der Waals surface area contributed by atoms with E-state index in [1.807, 2.05) is 6.92 Å². The molecule has 0 N–H and O–H groups in total. The second kappa shape index (κ2) is 7.25. The zero-order valence-corrected chi connectivity index (χ0v) is 16.0. The molecule has 1 aromatic carbocycles. The Hall–Kier alpha value is -1.12. The highest BCUT2D eigenvalue weighted by Gasteiger charge is 2.49. The third-order valence-electron chi connectivity index (χ3n) is 4.21. The normalized spacial score (nSPS) is 26.2. The average molecular weight is 405 g/mol. The minimum atomic E-state index is -3.15. The van der Waals surface area contributed by atoms with Crippen molar-refractivity contribution in [2.45, 2.75) is 37.5 Å². The first-order valence-corrected chi connectivity index (χ1v) is 11.1. The van der Waals surface area contributed by atoms with Gasteiger partial charge in [-0.2, -0.15) is 4.99 Å². The number of unbranched alkanes of at least 4 members (excludes halogenated alkanes) is 1. The van der Waals surface area contributed by atoms with Gasteiger partial charge < -0.3 is 4.90 Å². The van der Waals surface area contributed by atoms with E-state index >= 15 is 0 Å². The summed E-state index contributed by atoms with van der Waals surface area (Å²) in [5.41, 5.74) is 0.459. The number of amides is 1. The highest BCUT2D eigenvalue weighted by molar-refractivity contribution is 8.16. The summed E-state index contributed by atoms with van der Waals surface area (Å²) in [4.78, 5) is 17.9. The van der Waals surface area contributed by atoms with Gasteiger partial charge in [0.05, 0.1) is 22.6 Å². The summed E-state index contributed by atoms with van der Waals surface area (Å²) < 4.78 is 37.8. The molecule has 0 aromatic heterocycles. The van der Waals surface area contributed by atoms with Crippen LogP contribution >= 0.6 is 23.4 Å². The molecule has 2 heterocycles. The molecule has 2 fully saturated rings. The van der Waals surface area contributed by atoms with E-state index in [2.05, 4.69) is 4.99 Å². The number of nitrogens with zero attached hydrogens (tertiary/aromatic N) is 2. The van der Waals surface area contributed by atoms with Gasteiger partial charge in [0, 0.05) is 17.4 Å². The van der Waals surface area contributed by atoms with Crippen LogP contribution in [0.25, 0.3) is 0 Å². The monoisotopic (exact) mass is 404 g/mol. The molecule has 0 radical (unpaired) electrons. The molecule has 0 unspecified atom stereocenters. The highest BCUT2D eigenvalue weighted by Crippen LogP contribution is 2.41. The number of fused-ring (bicyclic) bond motifs is 1. The molecule has 3 rings (SSSR count). The summed E-state index contributed by atoms with van der Waals surface area (Å²) in [6.07, 6.45) is 1.98. The Labute approximate surface area is 155 Å². The number of hydrogen-bond acceptors (Lipinski definition) is 4. The summed E-state index contributed by atoms with van der Waals surface area (Å²) in [7, 11) is -3.15. The SMILES string of the molecule is CCCCC(=O)N=C1S[C@@H]2CS(=O)(=O)C[C@@H]2N1c1ccc(Cl)c(F)c1. The molecule has 136 valence electrons. The second-order valence-electron chi connectivity index (χ2n) is 6.16. The Balaban J connectivity index is 1.96. The van der Waals surface area contributed by atoms with Crippen LogP contribution < -0.4 is 4.90 Å². The molecule has 5 nitrogen and oxygen atoms in total. The molecule has 25 heavy (non-hydrogen) atoms. The molecular formula is C16H18ClFN2O3S2. The van der Waals surface area contributed by atoms with E-state index in [9.17, 15) is 17.6 Å². The zero-order chi connectivity index (χ0) is 18.2. The fourth-order valence-corrected chi connectivity index (χ4v) is 7.04. The van der Waals surface area contributed by atoms with Gasteiger partial charge in [0.15, 0.2) is 15.0 Å². The molecule has 2 atom stereocenters. The van der Waals surface area contributed by atoms with Crippen LogP contribution in [0.2, 0.25) is 5.02 Å². The quantitative estimate of drug-likeness (QED) is 0.770. The van der Waals surface area contributed by atoms with Crippen molar-refractivity contribution >= 4 is 50.0 Å². The number of sulfone groups is 1. The van der Waals surface area contributed by atoms with E-state index in [1.54, 1.807) is 11.0 Å². The maximum atomic E-state index is 13.9. The van der Waals surface area contributed by atoms with Crippen molar-refractivity contribution in [1.82, 2.24) is 0 Å². The summed E-state index contributed by atoms with van der Waals surface area (Å²) in [6.45, 7) is 1.99. The first-order valence-electron chi connectivity index (χ1n) is 8.03. The Kier molecular flexibility index (Phi) is 5.41. The van der Waals surface area contributed by atoms with E-state index in [0.29, 0.717) is 17.3 Å². The van der Waals surface area contributed by atoms with Crippen molar-refractivity contribution in [1.29, 1.82) is 0 Å². The van der Waals surface area contributed by atoms with Gasteiger partial charge in [-0.1, -0.05) is 36.7 Å². The van der Waals surface area contributed by atoms with E-state index < -0.39 is 15.7 Å². The lowest BCUT2D eigenvalue weighted by Gasteiger charge is -2.24. The predicted octanol–water partition coefficient (Wildman–Crippen LogP) is 3.27. The number of rotatable bonds is 4. The second-order valence-corrected chi connectivity index (χ2v) is 9.93. The number of carbonyl (C=O) groups excluding carboxylic acids is 1. The lowest BCUT2D eigenvalue weighted by molar-refractivity contribution is -0.117. The summed E-state index contributed by atoms with van der Waals surface area (Å²) >= 11 is 7.02. The van der Waals surface area contributed by atoms with Crippen LogP contribution in [0.1, 0.15) is 26.2 Å². The van der Waals surface area contributed by atoms with Gasteiger partial charge in [0.1, 0.15) is 5.82 Å². The molecule has 2 aliphatic heterocycles. The van der Waals surface area contributed by atoms with E-state index in [0.717, 1.165) is 12.8 Å². The molecule has 0 bridgehead atoms. The number of hydrogen-bond donors (Lipinski definition) is 0. The van der Waals surface area contributed by atoms with Crippen LogP contribution in [0.3, 0.4) is 0 Å². The molecule has 1 amide bonds. The fraction of sp³-hybridized carbons (Fsp3) is 0.500. The Morgan fingerprint density at radius 1 is 1.44 bits per heavy atom. The maximum Gasteiger partial charge on any atom is 0.248 e. The van der Waals surface area contributed by atoms with Crippen LogP contribution in [0, 0.1) is 5.82 Å². The predicted molar refractivity (Wildman–Crippen MR) is 99.7 cm³/mol. The fourth-order valence-electron chi connectivity index (χ4n) is 2.99. The summed E-state index contributed by atoms with van der Waals surface area (Å²) in [5.74, 6) is -0.828. The number of thioether (sulfide) groups is 1. The minimum absolute atomic E-state index is 0.0105. The Bertz CT molecular complexity index is 829. The van der Waals surface area contributed by atoms with Gasteiger partial charge in [0.2, 0.25) is 5.91 Å². The molecule has 2 aliphatic rings. The number of amidine groups is 1. The van der Waals surface area contributed by atoms with Crippen molar-refractivity contribution in [3.8, 4) is 0 Å². The lowest BCUT2D eigenvalue weighted by Crippen LogP contribution is -2.37. The van der Waals surface area contributed by atoms with Crippen LogP contribution in [-0.4, -0.2) is 42.3 Å². The lowest BCUT2D eigenvalue weighted by atomic mass is 10.2. The van der Waals surface area contributed by atoms with Crippen LogP contribution in [0.15, 0.2) is 23.2 Å². The van der Waals surface area contributed by atoms with Gasteiger partial charge in [-0.25, -0.2) is 12.8 Å². The Morgan fingerprint density at radius 3 is 2.88 bits per heavy atom. The van der Waals surface area contributed by atoms with Crippen molar-refractivity contribution in [2.75, 3.05) is 16.4 Å². The molecule has 2 saturated heterocycles. The van der Waals surface area contributed by atoms with Crippen molar-refractivity contribution in [3.63, 3.8) is 0 Å². The number of halogens is 2. The smallest absolute Gasteiger partial charge is 0.248 e. The van der Waals surface area contributed by atoms with Gasteiger partial charge in [-0.15, -0.1) is 0 Å². The van der Waals surface area contributed by atoms with Crippen LogP contribution in [0.5, 0.6) is 0 Å². The van der Waals surface area contributed by atoms with E-state index in [4.69, 9.17) is 11.6 Å². The van der Waals surface area contributed by atoms with Crippen LogP contribution in [-0.2, 0) is 14.6 Å². The highest BCUT2D eigenvalue weighted by atomic mass is 35.5. The molecule has 0 aliphatic carbocycles.